The molecule has 1 aromatic carbocycles. The third kappa shape index (κ3) is 4.86. The molecule has 0 amide bonds. The first-order chi connectivity index (χ1) is 9.97. The third-order valence-corrected chi connectivity index (χ3v) is 2.39. The van der Waals surface area contributed by atoms with Crippen molar-refractivity contribution in [3.8, 4) is 0 Å². The third-order valence-electron chi connectivity index (χ3n) is 2.39. The van der Waals surface area contributed by atoms with E-state index in [1.807, 2.05) is 42.5 Å². The minimum Gasteiger partial charge on any atom is -0.496 e. The van der Waals surface area contributed by atoms with Crippen LogP contribution in [-0.4, -0.2) is 25.3 Å². The summed E-state index contributed by atoms with van der Waals surface area (Å²) < 4.78 is 5.20. The van der Waals surface area contributed by atoms with Gasteiger partial charge in [-0.1, -0.05) is 18.2 Å². The van der Waals surface area contributed by atoms with Crippen molar-refractivity contribution in [2.45, 2.75) is 0 Å². The number of aliphatic imine (C=N–C) groups is 3. The molecular formula is C16H15N3O. The Morgan fingerprint density at radius 3 is 2.75 bits per heavy atom. The van der Waals surface area contributed by atoms with Crippen molar-refractivity contribution < 1.29 is 4.74 Å². The first kappa shape index (κ1) is 13.7. The number of hydrogen-bond donors (Lipinski definition) is 0. The van der Waals surface area contributed by atoms with Crippen molar-refractivity contribution in [3.05, 3.63) is 60.6 Å². The average molecular weight is 265 g/mol. The quantitative estimate of drug-likeness (QED) is 0.707. The molecule has 0 fully saturated rings. The molecule has 4 heteroatoms. The molecule has 2 rings (SSSR count). The number of rotatable bonds is 0. The number of nitrogens with zero attached hydrogens (tertiary/aromatic N) is 3. The molecule has 20 heavy (non-hydrogen) atoms. The molecule has 0 bridgehead atoms. The van der Waals surface area contributed by atoms with Gasteiger partial charge in [-0.2, -0.15) is 0 Å². The van der Waals surface area contributed by atoms with Crippen LogP contribution in [0.1, 0.15) is 5.56 Å². The highest BCUT2D eigenvalue weighted by molar-refractivity contribution is 6.16. The maximum Gasteiger partial charge on any atom is 0.106 e. The van der Waals surface area contributed by atoms with Crippen LogP contribution in [0.2, 0.25) is 0 Å². The van der Waals surface area contributed by atoms with Crippen LogP contribution < -0.4 is 0 Å². The van der Waals surface area contributed by atoms with E-state index in [-0.39, 0.29) is 0 Å². The summed E-state index contributed by atoms with van der Waals surface area (Å²) in [7, 11) is 0. The van der Waals surface area contributed by atoms with Gasteiger partial charge in [-0.3, -0.25) is 15.0 Å². The lowest BCUT2D eigenvalue weighted by Crippen LogP contribution is -1.81. The summed E-state index contributed by atoms with van der Waals surface area (Å²) in [5, 5.41) is 0. The maximum absolute atomic E-state index is 5.20. The zero-order valence-electron chi connectivity index (χ0n) is 11.0. The zero-order valence-corrected chi connectivity index (χ0v) is 11.0. The lowest BCUT2D eigenvalue weighted by molar-refractivity contribution is 0.289. The summed E-state index contributed by atoms with van der Waals surface area (Å²) in [4.78, 5) is 12.5. The Morgan fingerprint density at radius 2 is 1.80 bits per heavy atom. The second-order valence-corrected chi connectivity index (χ2v) is 3.80. The van der Waals surface area contributed by atoms with Crippen molar-refractivity contribution in [2.24, 2.45) is 15.0 Å². The standard InChI is InChI=1S/C16H15N3O/c1-2-6-16-15(5-1)7-9-17-10-11-18-12-14-20-13-4-3-8-19-16/h1-12,14H,13H2. The zero-order chi connectivity index (χ0) is 13.9. The highest BCUT2D eigenvalue weighted by Crippen LogP contribution is 2.19. The number of hydrogen-bond acceptors (Lipinski definition) is 4. The van der Waals surface area contributed by atoms with Crippen molar-refractivity contribution >= 4 is 30.4 Å². The van der Waals surface area contributed by atoms with Gasteiger partial charge in [0, 0.05) is 30.4 Å². The van der Waals surface area contributed by atoms with Gasteiger partial charge in [0.15, 0.2) is 0 Å². The molecule has 0 aliphatic carbocycles. The molecule has 0 saturated carbocycles. The van der Waals surface area contributed by atoms with Crippen LogP contribution in [0.5, 0.6) is 0 Å². The van der Waals surface area contributed by atoms with Crippen molar-refractivity contribution in [1.82, 2.24) is 0 Å². The predicted octanol–water partition coefficient (Wildman–Crippen LogP) is 3.56. The summed E-state index contributed by atoms with van der Waals surface area (Å²) >= 11 is 0. The second kappa shape index (κ2) is 8.37. The monoisotopic (exact) mass is 265 g/mol. The summed E-state index contributed by atoms with van der Waals surface area (Å²) in [5.74, 6) is 0. The topological polar surface area (TPSA) is 46.3 Å². The Hall–Kier alpha value is -2.75. The van der Waals surface area contributed by atoms with E-state index >= 15 is 0 Å². The SMILES string of the molecule is C1=CCOC=CN=CC=NC=Cc2ccccc2N=C1. The van der Waals surface area contributed by atoms with E-state index in [1.165, 1.54) is 6.26 Å². The first-order valence-electron chi connectivity index (χ1n) is 6.23. The maximum atomic E-state index is 5.20. The molecule has 0 aromatic heterocycles. The van der Waals surface area contributed by atoms with E-state index < -0.39 is 0 Å². The largest absolute Gasteiger partial charge is 0.496 e. The van der Waals surface area contributed by atoms with Crippen LogP contribution in [0.15, 0.2) is 70.1 Å². The number of para-hydroxylation sites is 1. The number of allylic oxidation sites excluding steroid dienone is 1. The number of ether oxygens (including phenoxy) is 1. The Bertz CT molecular complexity index is 595. The highest BCUT2D eigenvalue weighted by atomic mass is 16.5. The van der Waals surface area contributed by atoms with Gasteiger partial charge >= 0.3 is 0 Å². The summed E-state index contributed by atoms with van der Waals surface area (Å²) in [6.07, 6.45) is 15.4. The van der Waals surface area contributed by atoms with Crippen LogP contribution >= 0.6 is 0 Å². The Kier molecular flexibility index (Phi) is 5.72. The minimum atomic E-state index is 0.480. The van der Waals surface area contributed by atoms with E-state index in [2.05, 4.69) is 15.0 Å². The molecular weight excluding hydrogens is 250 g/mol. The fourth-order valence-corrected chi connectivity index (χ4v) is 1.47. The lowest BCUT2D eigenvalue weighted by Gasteiger charge is -1.98. The minimum absolute atomic E-state index is 0.480. The van der Waals surface area contributed by atoms with Gasteiger partial charge in [0.05, 0.1) is 11.9 Å². The molecule has 1 heterocycles. The molecule has 0 N–H and O–H groups in total. The van der Waals surface area contributed by atoms with Crippen LogP contribution in [0, 0.1) is 0 Å². The van der Waals surface area contributed by atoms with Gasteiger partial charge in [0.1, 0.15) is 12.9 Å². The van der Waals surface area contributed by atoms with E-state index in [4.69, 9.17) is 4.74 Å². The average Bonchev–Trinajstić information content (AvgIpc) is 2.47. The normalized spacial score (nSPS) is 15.0. The molecule has 0 radical (unpaired) electrons. The van der Waals surface area contributed by atoms with E-state index in [0.29, 0.717) is 6.61 Å². The second-order valence-electron chi connectivity index (χ2n) is 3.80. The van der Waals surface area contributed by atoms with Gasteiger partial charge in [0.25, 0.3) is 0 Å². The number of fused-ring (bicyclic) bond motifs is 1. The van der Waals surface area contributed by atoms with Gasteiger partial charge in [-0.25, -0.2) is 0 Å². The molecule has 1 aromatic rings. The Balaban J connectivity index is 2.23. The van der Waals surface area contributed by atoms with E-state index in [9.17, 15) is 0 Å². The van der Waals surface area contributed by atoms with E-state index in [0.717, 1.165) is 11.3 Å². The summed E-state index contributed by atoms with van der Waals surface area (Å²) in [6.45, 7) is 0.480. The van der Waals surface area contributed by atoms with Gasteiger partial charge in [0.2, 0.25) is 0 Å². The van der Waals surface area contributed by atoms with E-state index in [1.54, 1.807) is 31.0 Å². The number of benzene rings is 1. The van der Waals surface area contributed by atoms with Crippen LogP contribution in [0.4, 0.5) is 5.69 Å². The Morgan fingerprint density at radius 1 is 0.950 bits per heavy atom. The van der Waals surface area contributed by atoms with Crippen LogP contribution in [0.3, 0.4) is 0 Å². The molecule has 1 aliphatic rings. The molecule has 0 spiro atoms. The fraction of sp³-hybridized carbons (Fsp3) is 0.0625. The van der Waals surface area contributed by atoms with Gasteiger partial charge in [-0.05, 0) is 24.3 Å². The molecule has 0 atom stereocenters. The summed E-state index contributed by atoms with van der Waals surface area (Å²) in [6, 6.07) is 7.87. The molecule has 0 unspecified atom stereocenters. The van der Waals surface area contributed by atoms with Crippen molar-refractivity contribution in [3.63, 3.8) is 0 Å². The highest BCUT2D eigenvalue weighted by Gasteiger charge is 1.93. The Labute approximate surface area is 118 Å². The van der Waals surface area contributed by atoms with Gasteiger partial charge in [-0.15, -0.1) is 0 Å². The molecule has 0 saturated heterocycles. The molecule has 4 nitrogen and oxygen atoms in total. The first-order valence-corrected chi connectivity index (χ1v) is 6.23. The van der Waals surface area contributed by atoms with Crippen molar-refractivity contribution in [1.29, 1.82) is 0 Å². The lowest BCUT2D eigenvalue weighted by atomic mass is 10.2. The predicted molar refractivity (Wildman–Crippen MR) is 84.8 cm³/mol. The fourth-order valence-electron chi connectivity index (χ4n) is 1.47. The molecule has 100 valence electrons. The van der Waals surface area contributed by atoms with Crippen molar-refractivity contribution in [2.75, 3.05) is 6.61 Å². The smallest absolute Gasteiger partial charge is 0.106 e. The summed E-state index contributed by atoms with van der Waals surface area (Å²) in [5.41, 5.74) is 1.90. The van der Waals surface area contributed by atoms with Crippen LogP contribution in [0.25, 0.3) is 6.08 Å². The molecule has 1 aliphatic heterocycles. The van der Waals surface area contributed by atoms with Gasteiger partial charge < -0.3 is 4.74 Å². The van der Waals surface area contributed by atoms with Crippen LogP contribution in [-0.2, 0) is 4.74 Å².